The molecule has 8 rings (SSSR count). The summed E-state index contributed by atoms with van der Waals surface area (Å²) in [6.45, 7) is 0. The minimum Gasteiger partial charge on any atom is -0.307 e. The maximum absolute atomic E-state index is 4.90. The summed E-state index contributed by atoms with van der Waals surface area (Å²) in [5.41, 5.74) is 8.14. The highest BCUT2D eigenvalue weighted by atomic mass is 15.1. The van der Waals surface area contributed by atoms with E-state index < -0.39 is 0 Å². The minimum atomic E-state index is 0.891. The van der Waals surface area contributed by atoms with Crippen LogP contribution in [0.3, 0.4) is 0 Å². The molecule has 4 aromatic carbocycles. The van der Waals surface area contributed by atoms with Crippen molar-refractivity contribution in [3.8, 4) is 11.4 Å². The lowest BCUT2D eigenvalue weighted by Crippen LogP contribution is -2.00. The summed E-state index contributed by atoms with van der Waals surface area (Å²) in [6.07, 6.45) is 8.85. The number of fused-ring (bicyclic) bond motifs is 10. The van der Waals surface area contributed by atoms with Gasteiger partial charge in [-0.1, -0.05) is 54.6 Å². The number of benzene rings is 4. The predicted octanol–water partition coefficient (Wildman–Crippen LogP) is 6.61. The van der Waals surface area contributed by atoms with Crippen LogP contribution in [0.15, 0.2) is 110 Å². The quantitative estimate of drug-likeness (QED) is 0.290. The van der Waals surface area contributed by atoms with E-state index in [9.17, 15) is 0 Å². The molecule has 0 atom stereocenters. The molecule has 0 aliphatic carbocycles. The van der Waals surface area contributed by atoms with Crippen molar-refractivity contribution in [3.05, 3.63) is 110 Å². The monoisotopic (exact) mass is 462 g/mol. The Hall–Kier alpha value is -5.10. The average Bonchev–Trinajstić information content (AvgIpc) is 3.48. The second kappa shape index (κ2) is 7.20. The predicted molar refractivity (Wildman–Crippen MR) is 144 cm³/mol. The van der Waals surface area contributed by atoms with Crippen molar-refractivity contribution in [2.75, 3.05) is 0 Å². The van der Waals surface area contributed by atoms with Crippen molar-refractivity contribution in [1.82, 2.24) is 29.1 Å². The fourth-order valence-electron chi connectivity index (χ4n) is 5.63. The Morgan fingerprint density at radius 2 is 1.00 bits per heavy atom. The summed E-state index contributed by atoms with van der Waals surface area (Å²) in [5.74, 6) is 0. The topological polar surface area (TPSA) is 61.4 Å². The van der Waals surface area contributed by atoms with E-state index >= 15 is 0 Å². The van der Waals surface area contributed by atoms with Gasteiger partial charge < -0.3 is 9.13 Å². The molecule has 6 heteroatoms. The molecule has 0 saturated carbocycles. The van der Waals surface area contributed by atoms with Crippen molar-refractivity contribution in [1.29, 1.82) is 0 Å². The van der Waals surface area contributed by atoms with Crippen LogP contribution in [-0.4, -0.2) is 29.1 Å². The second-order valence-corrected chi connectivity index (χ2v) is 8.84. The molecule has 168 valence electrons. The van der Waals surface area contributed by atoms with E-state index in [1.807, 2.05) is 18.5 Å². The highest BCUT2D eigenvalue weighted by Gasteiger charge is 2.25. The molecule has 0 N–H and O–H groups in total. The van der Waals surface area contributed by atoms with Crippen molar-refractivity contribution in [3.63, 3.8) is 0 Å². The van der Waals surface area contributed by atoms with E-state index in [1.165, 1.54) is 0 Å². The van der Waals surface area contributed by atoms with Gasteiger partial charge in [-0.05, 0) is 24.3 Å². The summed E-state index contributed by atoms with van der Waals surface area (Å²) in [4.78, 5) is 18.5. The van der Waals surface area contributed by atoms with Gasteiger partial charge in [-0.15, -0.1) is 0 Å². The van der Waals surface area contributed by atoms with Crippen LogP contribution in [-0.2, 0) is 0 Å². The van der Waals surface area contributed by atoms with E-state index in [2.05, 4.69) is 91.9 Å². The number of nitrogens with zero attached hydrogens (tertiary/aromatic N) is 6. The van der Waals surface area contributed by atoms with Gasteiger partial charge in [0, 0.05) is 39.6 Å². The smallest absolute Gasteiger partial charge is 0.115 e. The molecule has 0 amide bonds. The van der Waals surface area contributed by atoms with Crippen molar-refractivity contribution < 1.29 is 0 Å². The Morgan fingerprint density at radius 1 is 0.500 bits per heavy atom. The Labute approximate surface area is 205 Å². The van der Waals surface area contributed by atoms with Gasteiger partial charge in [0.2, 0.25) is 0 Å². The highest BCUT2D eigenvalue weighted by molar-refractivity contribution is 6.34. The van der Waals surface area contributed by atoms with Gasteiger partial charge >= 0.3 is 0 Å². The fourth-order valence-corrected chi connectivity index (χ4v) is 5.63. The average molecular weight is 463 g/mol. The third kappa shape index (κ3) is 2.45. The van der Waals surface area contributed by atoms with Gasteiger partial charge in [0.15, 0.2) is 0 Å². The number of hydrogen-bond acceptors (Lipinski definition) is 4. The molecule has 0 saturated heterocycles. The second-order valence-electron chi connectivity index (χ2n) is 8.84. The number of para-hydroxylation sites is 3. The third-order valence-corrected chi connectivity index (χ3v) is 6.97. The Balaban J connectivity index is 1.79. The number of hydrogen-bond donors (Lipinski definition) is 0. The molecule has 6 nitrogen and oxygen atoms in total. The number of rotatable bonds is 2. The van der Waals surface area contributed by atoms with Crippen LogP contribution in [0.5, 0.6) is 0 Å². The van der Waals surface area contributed by atoms with E-state index in [1.54, 1.807) is 18.7 Å². The normalized spacial score (nSPS) is 11.9. The van der Waals surface area contributed by atoms with Crippen LogP contribution in [0.4, 0.5) is 0 Å². The molecule has 36 heavy (non-hydrogen) atoms. The van der Waals surface area contributed by atoms with E-state index in [0.717, 1.165) is 66.0 Å². The molecule has 0 bridgehead atoms. The maximum Gasteiger partial charge on any atom is 0.115 e. The summed E-state index contributed by atoms with van der Waals surface area (Å²) in [6, 6.07) is 27.5. The zero-order valence-electron chi connectivity index (χ0n) is 19.1. The molecular formula is C30H18N6. The first kappa shape index (κ1) is 19.2. The van der Waals surface area contributed by atoms with Gasteiger partial charge in [0.05, 0.1) is 51.2 Å². The summed E-state index contributed by atoms with van der Waals surface area (Å²) in [7, 11) is 0. The molecule has 4 heterocycles. The van der Waals surface area contributed by atoms with Gasteiger partial charge in [-0.2, -0.15) is 0 Å². The molecule has 0 aliphatic heterocycles. The zero-order valence-corrected chi connectivity index (χ0v) is 19.1. The molecular weight excluding hydrogens is 444 g/mol. The summed E-state index contributed by atoms with van der Waals surface area (Å²) >= 11 is 0. The van der Waals surface area contributed by atoms with Gasteiger partial charge in [0.25, 0.3) is 0 Å². The Kier molecular flexibility index (Phi) is 3.85. The maximum atomic E-state index is 4.90. The van der Waals surface area contributed by atoms with Gasteiger partial charge in [0.1, 0.15) is 6.33 Å². The molecule has 8 aromatic rings. The van der Waals surface area contributed by atoms with Crippen LogP contribution in [0.25, 0.3) is 66.0 Å². The van der Waals surface area contributed by atoms with E-state index in [0.29, 0.717) is 0 Å². The summed E-state index contributed by atoms with van der Waals surface area (Å²) in [5, 5.41) is 4.43. The van der Waals surface area contributed by atoms with Crippen molar-refractivity contribution >= 4 is 54.6 Å². The molecule has 0 unspecified atom stereocenters. The van der Waals surface area contributed by atoms with Crippen LogP contribution in [0.1, 0.15) is 0 Å². The first-order valence-electron chi connectivity index (χ1n) is 11.8. The molecule has 0 spiro atoms. The van der Waals surface area contributed by atoms with Crippen LogP contribution in [0, 0.1) is 0 Å². The first-order valence-corrected chi connectivity index (χ1v) is 11.8. The third-order valence-electron chi connectivity index (χ3n) is 6.97. The van der Waals surface area contributed by atoms with Crippen LogP contribution < -0.4 is 0 Å². The number of aromatic nitrogens is 6. The minimum absolute atomic E-state index is 0.891. The SMILES string of the molecule is c1ccc(-n2c3ccccc3c3c4nccnc4c4c5ccccc5n(-c5cncnc5)c4c32)cc1. The largest absolute Gasteiger partial charge is 0.307 e. The lowest BCUT2D eigenvalue weighted by atomic mass is 10.1. The van der Waals surface area contributed by atoms with E-state index in [4.69, 9.17) is 9.97 Å². The molecule has 0 aliphatic rings. The Bertz CT molecular complexity index is 1940. The van der Waals surface area contributed by atoms with Crippen LogP contribution in [0.2, 0.25) is 0 Å². The zero-order chi connectivity index (χ0) is 23.6. The van der Waals surface area contributed by atoms with Crippen molar-refractivity contribution in [2.24, 2.45) is 0 Å². The van der Waals surface area contributed by atoms with E-state index in [-0.39, 0.29) is 0 Å². The van der Waals surface area contributed by atoms with Gasteiger partial charge in [-0.25, -0.2) is 9.97 Å². The lowest BCUT2D eigenvalue weighted by molar-refractivity contribution is 1.07. The van der Waals surface area contributed by atoms with Gasteiger partial charge in [-0.3, -0.25) is 9.97 Å². The molecule has 0 fully saturated rings. The van der Waals surface area contributed by atoms with Crippen LogP contribution >= 0.6 is 0 Å². The highest BCUT2D eigenvalue weighted by Crippen LogP contribution is 2.45. The van der Waals surface area contributed by atoms with Crippen molar-refractivity contribution in [2.45, 2.75) is 0 Å². The Morgan fingerprint density at radius 3 is 1.58 bits per heavy atom. The first-order chi connectivity index (χ1) is 17.9. The lowest BCUT2D eigenvalue weighted by Gasteiger charge is -2.12. The fraction of sp³-hybridized carbons (Fsp3) is 0. The standard InChI is InChI=1S/C30H18N6/c1-2-8-19(9-3-1)35-23-12-6-4-10-21(23)25-27-28(34-15-14-33-27)26-22-11-5-7-13-24(22)36(30(26)29(25)35)20-16-31-18-32-17-20/h1-18H. The molecule has 0 radical (unpaired) electrons. The molecule has 4 aromatic heterocycles. The summed E-state index contributed by atoms with van der Waals surface area (Å²) < 4.78 is 4.61.